The summed E-state index contributed by atoms with van der Waals surface area (Å²) in [5.74, 6) is 3.17. The highest BCUT2D eigenvalue weighted by atomic mass is 16.7. The van der Waals surface area contributed by atoms with E-state index in [1.165, 1.54) is 49.9 Å². The molecule has 7 rings (SSSR count). The summed E-state index contributed by atoms with van der Waals surface area (Å²) in [6.07, 6.45) is 9.02. The summed E-state index contributed by atoms with van der Waals surface area (Å²) in [6, 6.07) is 8.21. The molecule has 1 aliphatic carbocycles. The first-order valence-electron chi connectivity index (χ1n) is 12.6. The van der Waals surface area contributed by atoms with Crippen LogP contribution in [0.3, 0.4) is 0 Å². The monoisotopic (exact) mass is 450 g/mol. The molecule has 1 aromatic carbocycles. The zero-order valence-corrected chi connectivity index (χ0v) is 19.5. The van der Waals surface area contributed by atoms with E-state index in [1.807, 2.05) is 6.07 Å². The lowest BCUT2D eigenvalue weighted by Gasteiger charge is -2.50. The Morgan fingerprint density at radius 1 is 1.12 bits per heavy atom. The lowest BCUT2D eigenvalue weighted by Crippen LogP contribution is -2.56. The Kier molecular flexibility index (Phi) is 5.52. The zero-order chi connectivity index (χ0) is 22.4. The fourth-order valence-electron chi connectivity index (χ4n) is 6.49. The number of rotatable bonds is 5. The second kappa shape index (κ2) is 8.67. The second-order valence-corrected chi connectivity index (χ2v) is 10.3. The van der Waals surface area contributed by atoms with Crippen LogP contribution in [-0.4, -0.2) is 53.1 Å². The first-order valence-corrected chi connectivity index (χ1v) is 12.6. The van der Waals surface area contributed by atoms with Gasteiger partial charge in [0.1, 0.15) is 0 Å². The largest absolute Gasteiger partial charge is 0.454 e. The highest BCUT2D eigenvalue weighted by Crippen LogP contribution is 2.43. The van der Waals surface area contributed by atoms with Crippen LogP contribution >= 0.6 is 0 Å². The molecule has 4 atom stereocenters. The predicted octanol–water partition coefficient (Wildman–Crippen LogP) is 3.80. The van der Waals surface area contributed by atoms with Gasteiger partial charge in [0.2, 0.25) is 6.79 Å². The lowest BCUT2D eigenvalue weighted by atomic mass is 9.74. The molecular formula is C26H34N4O3. The highest BCUT2D eigenvalue weighted by molar-refractivity contribution is 5.94. The van der Waals surface area contributed by atoms with Crippen LogP contribution in [0, 0.1) is 5.92 Å². The highest BCUT2D eigenvalue weighted by Gasteiger charge is 2.42. The summed E-state index contributed by atoms with van der Waals surface area (Å²) in [6.45, 7) is 3.10. The number of carbonyl (C=O) groups excluding carboxylic acids is 1. The molecule has 4 unspecified atom stereocenters. The number of fused-ring (bicyclic) bond motifs is 4. The summed E-state index contributed by atoms with van der Waals surface area (Å²) < 4.78 is 12.9. The first kappa shape index (κ1) is 21.0. The molecule has 5 heterocycles. The molecule has 0 spiro atoms. The molecule has 5 aliphatic rings. The molecule has 1 saturated carbocycles. The Bertz CT molecular complexity index is 1030. The molecule has 4 aliphatic heterocycles. The van der Waals surface area contributed by atoms with Gasteiger partial charge < -0.3 is 14.8 Å². The third kappa shape index (κ3) is 4.01. The van der Waals surface area contributed by atoms with Crippen molar-refractivity contribution in [2.75, 3.05) is 26.4 Å². The predicted molar refractivity (Wildman–Crippen MR) is 125 cm³/mol. The van der Waals surface area contributed by atoms with Gasteiger partial charge in [-0.15, -0.1) is 0 Å². The Morgan fingerprint density at radius 3 is 2.79 bits per heavy atom. The summed E-state index contributed by atoms with van der Waals surface area (Å²) in [7, 11) is 2.13. The first-order chi connectivity index (χ1) is 16.2. The van der Waals surface area contributed by atoms with Crippen LogP contribution in [0.4, 0.5) is 0 Å². The number of benzene rings is 1. The number of carbonyl (C=O) groups is 1. The Hall–Kier alpha value is -2.54. The number of piperidine rings is 3. The molecule has 2 bridgehead atoms. The van der Waals surface area contributed by atoms with Gasteiger partial charge in [0, 0.05) is 49.3 Å². The van der Waals surface area contributed by atoms with E-state index in [0.29, 0.717) is 47.4 Å². The smallest absolute Gasteiger partial charge is 0.251 e. The summed E-state index contributed by atoms with van der Waals surface area (Å²) in [5, 5.41) is 8.12. The average Bonchev–Trinajstić information content (AvgIpc) is 3.49. The maximum atomic E-state index is 12.7. The molecule has 0 radical (unpaired) electrons. The minimum absolute atomic E-state index is 0.0451. The van der Waals surface area contributed by atoms with Gasteiger partial charge in [-0.3, -0.25) is 14.4 Å². The standard InChI is InChI=1S/C26H34N4O3/c1-29-23(13-22(28-29)17-5-3-2-4-6-17)21-15-30-10-9-18(21)11-20(30)14-27-26(31)19-7-8-24-25(12-19)33-16-32-24/h7-8,12-13,17-18,20-21H,2-6,9-11,14-16H2,1H3,(H,27,31). The van der Waals surface area contributed by atoms with Crippen LogP contribution in [0.2, 0.25) is 0 Å². The number of hydrogen-bond donors (Lipinski definition) is 1. The third-order valence-corrected chi connectivity index (χ3v) is 8.35. The minimum Gasteiger partial charge on any atom is -0.454 e. The van der Waals surface area contributed by atoms with Crippen molar-refractivity contribution in [1.29, 1.82) is 0 Å². The minimum atomic E-state index is -0.0451. The van der Waals surface area contributed by atoms with Crippen molar-refractivity contribution in [3.05, 3.63) is 41.2 Å². The van der Waals surface area contributed by atoms with Crippen LogP contribution in [0.5, 0.6) is 11.5 Å². The van der Waals surface area contributed by atoms with Gasteiger partial charge in [-0.2, -0.15) is 5.10 Å². The van der Waals surface area contributed by atoms with Crippen molar-refractivity contribution in [2.45, 2.75) is 62.8 Å². The quantitative estimate of drug-likeness (QED) is 0.750. The topological polar surface area (TPSA) is 68.6 Å². The van der Waals surface area contributed by atoms with Gasteiger partial charge in [-0.25, -0.2) is 0 Å². The number of nitrogens with zero attached hydrogens (tertiary/aromatic N) is 3. The molecular weight excluding hydrogens is 416 g/mol. The Morgan fingerprint density at radius 2 is 1.97 bits per heavy atom. The van der Waals surface area contributed by atoms with Crippen LogP contribution in [-0.2, 0) is 7.05 Å². The fourth-order valence-corrected chi connectivity index (χ4v) is 6.49. The van der Waals surface area contributed by atoms with Crippen molar-refractivity contribution < 1.29 is 14.3 Å². The third-order valence-electron chi connectivity index (χ3n) is 8.35. The van der Waals surface area contributed by atoms with Gasteiger partial charge in [-0.1, -0.05) is 19.3 Å². The van der Waals surface area contributed by atoms with Gasteiger partial charge in [0.15, 0.2) is 11.5 Å². The van der Waals surface area contributed by atoms with E-state index in [4.69, 9.17) is 14.6 Å². The Balaban J connectivity index is 1.09. The molecule has 33 heavy (non-hydrogen) atoms. The van der Waals surface area contributed by atoms with E-state index in [0.717, 1.165) is 19.5 Å². The lowest BCUT2D eigenvalue weighted by molar-refractivity contribution is 0.0280. The van der Waals surface area contributed by atoms with Gasteiger partial charge in [0.25, 0.3) is 5.91 Å². The fraction of sp³-hybridized carbons (Fsp3) is 0.615. The summed E-state index contributed by atoms with van der Waals surface area (Å²) in [4.78, 5) is 15.3. The molecule has 176 valence electrons. The van der Waals surface area contributed by atoms with Crippen molar-refractivity contribution in [3.8, 4) is 11.5 Å². The van der Waals surface area contributed by atoms with Gasteiger partial charge in [-0.05, 0) is 62.4 Å². The van der Waals surface area contributed by atoms with Crippen LogP contribution in [0.1, 0.15) is 78.5 Å². The maximum absolute atomic E-state index is 12.7. The molecule has 2 aromatic rings. The summed E-state index contributed by atoms with van der Waals surface area (Å²) >= 11 is 0. The normalized spacial score (nSPS) is 28.8. The SMILES string of the molecule is Cn1nc(C2CCCCC2)cc1C1CN2CCC1CC2CNC(=O)c1ccc2c(c1)OCO2. The summed E-state index contributed by atoms with van der Waals surface area (Å²) in [5.41, 5.74) is 3.35. The molecule has 1 aromatic heterocycles. The van der Waals surface area contributed by atoms with E-state index in [-0.39, 0.29) is 12.7 Å². The molecule has 4 fully saturated rings. The van der Waals surface area contributed by atoms with Crippen LogP contribution in [0.25, 0.3) is 0 Å². The van der Waals surface area contributed by atoms with Crippen molar-refractivity contribution in [3.63, 3.8) is 0 Å². The molecule has 7 heteroatoms. The second-order valence-electron chi connectivity index (χ2n) is 10.3. The van der Waals surface area contributed by atoms with Crippen molar-refractivity contribution >= 4 is 5.91 Å². The van der Waals surface area contributed by atoms with E-state index in [2.05, 4.69) is 28.0 Å². The number of hydrogen-bond acceptors (Lipinski definition) is 5. The van der Waals surface area contributed by atoms with Gasteiger partial charge >= 0.3 is 0 Å². The average molecular weight is 451 g/mol. The molecule has 3 saturated heterocycles. The van der Waals surface area contributed by atoms with Crippen molar-refractivity contribution in [1.82, 2.24) is 20.0 Å². The molecule has 1 N–H and O–H groups in total. The van der Waals surface area contributed by atoms with Crippen molar-refractivity contribution in [2.24, 2.45) is 13.0 Å². The van der Waals surface area contributed by atoms with E-state index >= 15 is 0 Å². The number of nitrogens with one attached hydrogen (secondary N) is 1. The number of aryl methyl sites for hydroxylation is 1. The van der Waals surface area contributed by atoms with E-state index < -0.39 is 0 Å². The number of amides is 1. The molecule has 1 amide bonds. The van der Waals surface area contributed by atoms with Crippen LogP contribution < -0.4 is 14.8 Å². The Labute approximate surface area is 195 Å². The number of aromatic nitrogens is 2. The van der Waals surface area contributed by atoms with E-state index in [1.54, 1.807) is 12.1 Å². The van der Waals surface area contributed by atoms with Crippen LogP contribution in [0.15, 0.2) is 24.3 Å². The maximum Gasteiger partial charge on any atom is 0.251 e. The zero-order valence-electron chi connectivity index (χ0n) is 19.5. The van der Waals surface area contributed by atoms with E-state index in [9.17, 15) is 4.79 Å². The van der Waals surface area contributed by atoms with Gasteiger partial charge in [0.05, 0.1) is 5.69 Å². The number of ether oxygens (including phenoxy) is 2. The molecule has 7 nitrogen and oxygen atoms in total.